The summed E-state index contributed by atoms with van der Waals surface area (Å²) in [6, 6.07) is 2.71. The summed E-state index contributed by atoms with van der Waals surface area (Å²) in [6.45, 7) is 5.09. The van der Waals surface area contributed by atoms with Crippen molar-refractivity contribution in [3.63, 3.8) is 0 Å². The first kappa shape index (κ1) is 14.9. The van der Waals surface area contributed by atoms with Crippen LogP contribution in [0.15, 0.2) is 22.3 Å². The van der Waals surface area contributed by atoms with Crippen LogP contribution in [0.1, 0.15) is 13.8 Å². The second kappa shape index (κ2) is 5.30. The highest BCUT2D eigenvalue weighted by Crippen LogP contribution is 2.39. The van der Waals surface area contributed by atoms with E-state index in [-0.39, 0.29) is 15.5 Å². The van der Waals surface area contributed by atoms with E-state index in [0.29, 0.717) is 10.6 Å². The van der Waals surface area contributed by atoms with Crippen molar-refractivity contribution in [2.75, 3.05) is 7.11 Å². The minimum atomic E-state index is -0.478. The largest absolute Gasteiger partial charge is 0.495 e. The SMILES string of the molecule is COc1cc(N=c2snc3n2CC(C)(C)S3)c(F)cc1Cl. The highest BCUT2D eigenvalue weighted by Gasteiger charge is 2.31. The van der Waals surface area contributed by atoms with Gasteiger partial charge in [-0.15, -0.1) is 0 Å². The van der Waals surface area contributed by atoms with Crippen molar-refractivity contribution < 1.29 is 9.13 Å². The van der Waals surface area contributed by atoms with Gasteiger partial charge in [-0.3, -0.25) is 4.57 Å². The van der Waals surface area contributed by atoms with Crippen LogP contribution in [0.4, 0.5) is 10.1 Å². The molecule has 2 aromatic rings. The number of hydrogen-bond acceptors (Lipinski definition) is 5. The molecular weight excluding hydrogens is 333 g/mol. The van der Waals surface area contributed by atoms with Gasteiger partial charge in [-0.2, -0.15) is 4.37 Å². The van der Waals surface area contributed by atoms with Gasteiger partial charge in [-0.1, -0.05) is 23.4 Å². The van der Waals surface area contributed by atoms with Crippen molar-refractivity contribution in [3.8, 4) is 5.75 Å². The zero-order chi connectivity index (χ0) is 15.2. The monoisotopic (exact) mass is 345 g/mol. The Bertz CT molecular complexity index is 769. The Morgan fingerprint density at radius 2 is 2.24 bits per heavy atom. The first-order valence-electron chi connectivity index (χ1n) is 6.23. The molecule has 2 heterocycles. The average Bonchev–Trinajstić information content (AvgIpc) is 2.89. The maximum atomic E-state index is 14.0. The first-order valence-corrected chi connectivity index (χ1v) is 8.20. The third-order valence-corrected chi connectivity index (χ3v) is 5.34. The van der Waals surface area contributed by atoms with E-state index in [1.54, 1.807) is 11.8 Å². The lowest BCUT2D eigenvalue weighted by Gasteiger charge is -2.12. The van der Waals surface area contributed by atoms with Gasteiger partial charge in [0.05, 0.1) is 12.1 Å². The highest BCUT2D eigenvalue weighted by atomic mass is 35.5. The van der Waals surface area contributed by atoms with Crippen LogP contribution in [0.25, 0.3) is 0 Å². The van der Waals surface area contributed by atoms with Gasteiger partial charge < -0.3 is 4.74 Å². The maximum Gasteiger partial charge on any atom is 0.210 e. The predicted octanol–water partition coefficient (Wildman–Crippen LogP) is 3.86. The average molecular weight is 346 g/mol. The molecular formula is C13H13ClFN3OS2. The predicted molar refractivity (Wildman–Crippen MR) is 83.2 cm³/mol. The molecule has 1 aromatic heterocycles. The number of fused-ring (bicyclic) bond motifs is 1. The number of methoxy groups -OCH3 is 1. The summed E-state index contributed by atoms with van der Waals surface area (Å²) in [4.78, 5) is 5.05. The Kier molecular flexibility index (Phi) is 3.75. The van der Waals surface area contributed by atoms with Gasteiger partial charge in [0.1, 0.15) is 11.4 Å². The van der Waals surface area contributed by atoms with Crippen molar-refractivity contribution >= 4 is 40.6 Å². The molecule has 0 atom stereocenters. The van der Waals surface area contributed by atoms with Crippen LogP contribution in [0.5, 0.6) is 5.75 Å². The Balaban J connectivity index is 2.09. The first-order chi connectivity index (χ1) is 9.89. The lowest BCUT2D eigenvalue weighted by atomic mass is 10.2. The zero-order valence-corrected chi connectivity index (χ0v) is 14.1. The van der Waals surface area contributed by atoms with Crippen molar-refractivity contribution in [3.05, 3.63) is 27.8 Å². The third-order valence-electron chi connectivity index (χ3n) is 3.01. The van der Waals surface area contributed by atoms with Crippen LogP contribution in [-0.2, 0) is 6.54 Å². The molecule has 0 aliphatic carbocycles. The molecule has 0 radical (unpaired) electrons. The summed E-state index contributed by atoms with van der Waals surface area (Å²) in [5.74, 6) is -0.0776. The van der Waals surface area contributed by atoms with Crippen molar-refractivity contribution in [2.24, 2.45) is 4.99 Å². The molecule has 1 aliphatic rings. The second-order valence-corrected chi connectivity index (χ2v) is 8.06. The molecule has 0 saturated carbocycles. The van der Waals surface area contributed by atoms with Crippen molar-refractivity contribution in [1.82, 2.24) is 8.94 Å². The zero-order valence-electron chi connectivity index (χ0n) is 11.7. The molecule has 0 amide bonds. The Hall–Kier alpha value is -1.05. The number of aromatic nitrogens is 2. The van der Waals surface area contributed by atoms with Gasteiger partial charge in [0.25, 0.3) is 0 Å². The fourth-order valence-corrected chi connectivity index (χ4v) is 4.22. The van der Waals surface area contributed by atoms with E-state index in [0.717, 1.165) is 11.7 Å². The lowest BCUT2D eigenvalue weighted by molar-refractivity contribution is 0.414. The molecule has 8 heteroatoms. The topological polar surface area (TPSA) is 39.4 Å². The number of rotatable bonds is 2. The number of thioether (sulfide) groups is 1. The highest BCUT2D eigenvalue weighted by molar-refractivity contribution is 8.00. The molecule has 1 aliphatic heterocycles. The van der Waals surface area contributed by atoms with Crippen molar-refractivity contribution in [2.45, 2.75) is 30.3 Å². The second-order valence-electron chi connectivity index (χ2n) is 5.25. The number of benzene rings is 1. The molecule has 0 unspecified atom stereocenters. The van der Waals surface area contributed by atoms with Crippen molar-refractivity contribution in [1.29, 1.82) is 0 Å². The van der Waals surface area contributed by atoms with Crippen LogP contribution < -0.4 is 9.54 Å². The molecule has 4 nitrogen and oxygen atoms in total. The molecule has 1 aromatic carbocycles. The summed E-state index contributed by atoms with van der Waals surface area (Å²) in [7, 11) is 1.49. The van der Waals surface area contributed by atoms with Gasteiger partial charge in [0.15, 0.2) is 11.0 Å². The Morgan fingerprint density at radius 3 is 2.95 bits per heavy atom. The van der Waals surface area contributed by atoms with E-state index in [2.05, 4.69) is 23.2 Å². The molecule has 21 heavy (non-hydrogen) atoms. The van der Waals surface area contributed by atoms with Gasteiger partial charge in [0, 0.05) is 28.9 Å². The normalized spacial score (nSPS) is 17.1. The van der Waals surface area contributed by atoms with Gasteiger partial charge in [0.2, 0.25) is 4.80 Å². The molecule has 112 valence electrons. The van der Waals surface area contributed by atoms with E-state index < -0.39 is 5.82 Å². The van der Waals surface area contributed by atoms with Crippen LogP contribution in [0, 0.1) is 5.82 Å². The third kappa shape index (κ3) is 2.82. The quantitative estimate of drug-likeness (QED) is 0.829. The standard InChI is InChI=1S/C13H13ClFN3OS2/c1-13(2)6-18-11(21-17-12(18)20-13)16-9-5-10(19-3)7(14)4-8(9)15/h4-5H,6H2,1-3H3. The summed E-state index contributed by atoms with van der Waals surface area (Å²) in [5.41, 5.74) is 0.199. The molecule has 0 bridgehead atoms. The maximum absolute atomic E-state index is 14.0. The van der Waals surface area contributed by atoms with Gasteiger partial charge >= 0.3 is 0 Å². The summed E-state index contributed by atoms with van der Waals surface area (Å²) >= 11 is 8.85. The molecule has 0 N–H and O–H groups in total. The van der Waals surface area contributed by atoms with Crippen LogP contribution in [0.2, 0.25) is 5.02 Å². The molecule has 0 saturated heterocycles. The van der Waals surface area contributed by atoms with E-state index in [9.17, 15) is 4.39 Å². The minimum absolute atomic E-state index is 0.0802. The van der Waals surface area contributed by atoms with Crippen LogP contribution in [-0.4, -0.2) is 20.8 Å². The lowest BCUT2D eigenvalue weighted by Crippen LogP contribution is -2.21. The van der Waals surface area contributed by atoms with E-state index in [1.165, 1.54) is 30.8 Å². The van der Waals surface area contributed by atoms with Gasteiger partial charge in [-0.05, 0) is 19.9 Å². The fraction of sp³-hybridized carbons (Fsp3) is 0.385. The molecule has 0 fully saturated rings. The number of ether oxygens (including phenoxy) is 1. The smallest absolute Gasteiger partial charge is 0.210 e. The van der Waals surface area contributed by atoms with Crippen LogP contribution in [0.3, 0.4) is 0 Å². The van der Waals surface area contributed by atoms with E-state index in [4.69, 9.17) is 16.3 Å². The Morgan fingerprint density at radius 1 is 1.48 bits per heavy atom. The van der Waals surface area contributed by atoms with Crippen LogP contribution >= 0.6 is 34.9 Å². The summed E-state index contributed by atoms with van der Waals surface area (Å²) in [6.07, 6.45) is 0. The van der Waals surface area contributed by atoms with E-state index >= 15 is 0 Å². The molecule has 3 rings (SSSR count). The minimum Gasteiger partial charge on any atom is -0.495 e. The number of nitrogens with zero attached hydrogens (tertiary/aromatic N) is 3. The summed E-state index contributed by atoms with van der Waals surface area (Å²) in [5, 5.41) is 1.15. The molecule has 0 spiro atoms. The number of halogens is 2. The number of hydrogen-bond donors (Lipinski definition) is 0. The fourth-order valence-electron chi connectivity index (χ4n) is 2.07. The van der Waals surface area contributed by atoms with Gasteiger partial charge in [-0.25, -0.2) is 9.38 Å². The summed E-state index contributed by atoms with van der Waals surface area (Å²) < 4.78 is 25.6. The Labute approximate surface area is 134 Å². The van der Waals surface area contributed by atoms with E-state index in [1.807, 2.05) is 4.57 Å².